The van der Waals surface area contributed by atoms with E-state index in [1.54, 1.807) is 0 Å². The van der Waals surface area contributed by atoms with Crippen LogP contribution in [-0.4, -0.2) is 95.4 Å². The fraction of sp³-hybridized carbons (Fsp3) is 0.907. The van der Waals surface area contributed by atoms with E-state index in [2.05, 4.69) is 47.7 Å². The van der Waals surface area contributed by atoms with Crippen molar-refractivity contribution in [2.24, 2.45) is 0 Å². The SMILES string of the molecule is CCCCCCCCCCC/C=C\C/C=C\CCCCCCCCCCCC(=O)NC(COC1OC(CO)C(O)C(OS(=O)(=O)O)C1O)C(O)CCCCCCCCCCCCCCCCC. The summed E-state index contributed by atoms with van der Waals surface area (Å²) >= 11 is 0. The average molecular weight is 974 g/mol. The Labute approximate surface area is 410 Å². The van der Waals surface area contributed by atoms with Crippen molar-refractivity contribution in [2.45, 2.75) is 301 Å². The smallest absolute Gasteiger partial charge is 0.394 e. The molecule has 0 aromatic rings. The van der Waals surface area contributed by atoms with Gasteiger partial charge in [0.05, 0.1) is 25.4 Å². The zero-order chi connectivity index (χ0) is 49.1. The molecule has 1 saturated heterocycles. The molecule has 1 aliphatic rings. The molecule has 396 valence electrons. The molecule has 1 rings (SSSR count). The van der Waals surface area contributed by atoms with Crippen LogP contribution in [0.2, 0.25) is 0 Å². The summed E-state index contributed by atoms with van der Waals surface area (Å²) in [6, 6.07) is -0.859. The van der Waals surface area contributed by atoms with Gasteiger partial charge in [-0.3, -0.25) is 9.35 Å². The van der Waals surface area contributed by atoms with Crippen LogP contribution in [-0.2, 0) is 28.9 Å². The van der Waals surface area contributed by atoms with Gasteiger partial charge in [0.2, 0.25) is 5.91 Å². The van der Waals surface area contributed by atoms with Gasteiger partial charge in [-0.15, -0.1) is 0 Å². The van der Waals surface area contributed by atoms with E-state index in [1.165, 1.54) is 167 Å². The highest BCUT2D eigenvalue weighted by Gasteiger charge is 2.48. The lowest BCUT2D eigenvalue weighted by molar-refractivity contribution is -0.298. The third kappa shape index (κ3) is 37.1. The number of hydrogen-bond acceptors (Lipinski definition) is 10. The third-order valence-electron chi connectivity index (χ3n) is 13.3. The Kier molecular flexibility index (Phi) is 42.3. The molecule has 0 aromatic carbocycles. The van der Waals surface area contributed by atoms with Crippen LogP contribution in [0.1, 0.15) is 258 Å². The second-order valence-corrected chi connectivity index (χ2v) is 20.6. The van der Waals surface area contributed by atoms with Crippen molar-refractivity contribution < 1.29 is 51.8 Å². The molecule has 0 radical (unpaired) electrons. The first kappa shape index (κ1) is 63.6. The van der Waals surface area contributed by atoms with Gasteiger partial charge >= 0.3 is 10.4 Å². The highest BCUT2D eigenvalue weighted by atomic mass is 32.3. The Morgan fingerprint density at radius 1 is 0.597 bits per heavy atom. The molecule has 0 bridgehead atoms. The Balaban J connectivity index is 2.36. The highest BCUT2D eigenvalue weighted by Crippen LogP contribution is 2.26. The minimum atomic E-state index is -5.08. The summed E-state index contributed by atoms with van der Waals surface area (Å²) in [4.78, 5) is 13.1. The molecule has 1 aliphatic heterocycles. The van der Waals surface area contributed by atoms with Crippen LogP contribution in [0.4, 0.5) is 0 Å². The number of ether oxygens (including phenoxy) is 2. The van der Waals surface area contributed by atoms with Crippen molar-refractivity contribution in [3.63, 3.8) is 0 Å². The van der Waals surface area contributed by atoms with Gasteiger partial charge in [0.1, 0.15) is 24.4 Å². The van der Waals surface area contributed by atoms with E-state index in [1.807, 2.05) is 0 Å². The molecule has 7 atom stereocenters. The number of carbonyl (C=O) groups is 1. The zero-order valence-corrected chi connectivity index (χ0v) is 43.5. The minimum Gasteiger partial charge on any atom is -0.394 e. The van der Waals surface area contributed by atoms with Gasteiger partial charge in [-0.05, 0) is 44.9 Å². The standard InChI is InChI=1S/C54H103NO11S/c1-3-5-7-9-11-13-15-17-19-20-21-22-23-24-25-26-27-28-30-32-34-36-38-40-42-44-50(58)55-47(46-64-54-52(60)53(66-67(61,62)63)51(59)49(45-56)65-54)48(57)43-41-39-37-35-33-31-29-18-16-14-12-10-8-6-4-2/h21-22,24-25,47-49,51-54,56-57,59-60H,3-20,23,26-46H2,1-2H3,(H,55,58)(H,61,62,63)/b22-21-,25-24-. The quantitative estimate of drug-likeness (QED) is 0.0193. The van der Waals surface area contributed by atoms with Gasteiger partial charge in [-0.25, -0.2) is 4.18 Å². The molecule has 0 aliphatic carbocycles. The van der Waals surface area contributed by atoms with E-state index in [9.17, 15) is 38.2 Å². The van der Waals surface area contributed by atoms with Crippen molar-refractivity contribution in [1.82, 2.24) is 5.32 Å². The summed E-state index contributed by atoms with van der Waals surface area (Å²) in [5, 5.41) is 45.0. The number of amides is 1. The van der Waals surface area contributed by atoms with E-state index in [0.29, 0.717) is 12.8 Å². The van der Waals surface area contributed by atoms with Crippen LogP contribution >= 0.6 is 0 Å². The van der Waals surface area contributed by atoms with Crippen molar-refractivity contribution >= 4 is 16.3 Å². The first-order valence-electron chi connectivity index (χ1n) is 27.7. The van der Waals surface area contributed by atoms with E-state index in [4.69, 9.17) is 9.47 Å². The first-order valence-corrected chi connectivity index (χ1v) is 29.1. The first-order chi connectivity index (χ1) is 32.5. The molecule has 67 heavy (non-hydrogen) atoms. The van der Waals surface area contributed by atoms with Crippen molar-refractivity contribution in [3.05, 3.63) is 24.3 Å². The van der Waals surface area contributed by atoms with Gasteiger partial charge in [0, 0.05) is 6.42 Å². The lowest BCUT2D eigenvalue weighted by Crippen LogP contribution is -2.61. The molecule has 6 N–H and O–H groups in total. The Morgan fingerprint density at radius 3 is 1.42 bits per heavy atom. The molecular weight excluding hydrogens is 871 g/mol. The normalized spacial score (nSPS) is 20.0. The molecule has 12 nitrogen and oxygen atoms in total. The van der Waals surface area contributed by atoms with E-state index in [0.717, 1.165) is 57.8 Å². The number of rotatable bonds is 48. The number of nitrogens with one attached hydrogen (secondary N) is 1. The van der Waals surface area contributed by atoms with Crippen molar-refractivity contribution in [1.29, 1.82) is 0 Å². The maximum atomic E-state index is 13.1. The predicted octanol–water partition coefficient (Wildman–Crippen LogP) is 12.5. The van der Waals surface area contributed by atoms with Gasteiger partial charge in [0.15, 0.2) is 6.29 Å². The fourth-order valence-electron chi connectivity index (χ4n) is 8.96. The van der Waals surface area contributed by atoms with Crippen molar-refractivity contribution in [2.75, 3.05) is 13.2 Å². The summed E-state index contributed by atoms with van der Waals surface area (Å²) in [7, 11) is -5.08. The van der Waals surface area contributed by atoms with E-state index < -0.39 is 59.9 Å². The van der Waals surface area contributed by atoms with Gasteiger partial charge in [0.25, 0.3) is 0 Å². The number of aliphatic hydroxyl groups is 4. The number of hydrogen-bond donors (Lipinski definition) is 6. The molecule has 1 heterocycles. The Bertz CT molecular complexity index is 1280. The summed E-state index contributed by atoms with van der Waals surface area (Å²) in [5.74, 6) is -0.232. The molecule has 0 spiro atoms. The number of aliphatic hydroxyl groups excluding tert-OH is 4. The second-order valence-electron chi connectivity index (χ2n) is 19.5. The molecule has 1 amide bonds. The summed E-state index contributed by atoms with van der Waals surface area (Å²) in [6.45, 7) is 3.47. The Hall–Kier alpha value is -1.42. The van der Waals surface area contributed by atoms with Crippen LogP contribution < -0.4 is 5.32 Å². The minimum absolute atomic E-state index is 0.232. The molecule has 13 heteroatoms. The van der Waals surface area contributed by atoms with Crippen LogP contribution in [0.25, 0.3) is 0 Å². The Morgan fingerprint density at radius 2 is 1.00 bits per heavy atom. The summed E-state index contributed by atoms with van der Waals surface area (Å²) in [6.07, 6.45) is 44.6. The maximum absolute atomic E-state index is 13.1. The maximum Gasteiger partial charge on any atom is 0.397 e. The molecule has 0 saturated carbocycles. The van der Waals surface area contributed by atoms with Crippen LogP contribution in [0, 0.1) is 0 Å². The fourth-order valence-corrected chi connectivity index (χ4v) is 9.47. The van der Waals surface area contributed by atoms with Crippen LogP contribution in [0.5, 0.6) is 0 Å². The largest absolute Gasteiger partial charge is 0.397 e. The zero-order valence-electron chi connectivity index (χ0n) is 42.7. The predicted molar refractivity (Wildman–Crippen MR) is 273 cm³/mol. The van der Waals surface area contributed by atoms with Crippen molar-refractivity contribution in [3.8, 4) is 0 Å². The van der Waals surface area contributed by atoms with Gasteiger partial charge in [-0.2, -0.15) is 8.42 Å². The topological polar surface area (TPSA) is 192 Å². The van der Waals surface area contributed by atoms with Crippen LogP contribution in [0.3, 0.4) is 0 Å². The van der Waals surface area contributed by atoms with Gasteiger partial charge < -0.3 is 35.2 Å². The average Bonchev–Trinajstić information content (AvgIpc) is 3.30. The lowest BCUT2D eigenvalue weighted by Gasteiger charge is -2.41. The molecule has 1 fully saturated rings. The summed E-state index contributed by atoms with van der Waals surface area (Å²) in [5.41, 5.74) is 0. The van der Waals surface area contributed by atoms with Gasteiger partial charge in [-0.1, -0.05) is 231 Å². The monoisotopic (exact) mass is 974 g/mol. The number of carbonyl (C=O) groups excluding carboxylic acids is 1. The molecular formula is C54H103NO11S. The van der Waals surface area contributed by atoms with E-state index >= 15 is 0 Å². The highest BCUT2D eigenvalue weighted by molar-refractivity contribution is 7.80. The summed E-state index contributed by atoms with van der Waals surface area (Å²) < 4.78 is 47.8. The lowest BCUT2D eigenvalue weighted by atomic mass is 9.99. The number of allylic oxidation sites excluding steroid dienone is 4. The number of unbranched alkanes of at least 4 members (excludes halogenated alkanes) is 32. The van der Waals surface area contributed by atoms with Crippen LogP contribution in [0.15, 0.2) is 24.3 Å². The second kappa shape index (κ2) is 44.5. The van der Waals surface area contributed by atoms with E-state index in [-0.39, 0.29) is 18.9 Å². The molecule has 7 unspecified atom stereocenters. The third-order valence-corrected chi connectivity index (χ3v) is 13.7. The molecule has 0 aromatic heterocycles.